The van der Waals surface area contributed by atoms with Gasteiger partial charge in [-0.15, -0.1) is 0 Å². The van der Waals surface area contributed by atoms with Gasteiger partial charge in [-0.1, -0.05) is 36.2 Å². The van der Waals surface area contributed by atoms with Crippen molar-refractivity contribution >= 4 is 34.8 Å². The number of hydrazone groups is 1. The van der Waals surface area contributed by atoms with E-state index in [0.717, 1.165) is 11.3 Å². The zero-order valence-corrected chi connectivity index (χ0v) is 12.3. The average molecular weight is 310 g/mol. The fraction of sp³-hybridized carbons (Fsp3) is 0.143. The van der Waals surface area contributed by atoms with E-state index in [4.69, 9.17) is 23.2 Å². The molecule has 2 aromatic rings. The van der Waals surface area contributed by atoms with Crippen LogP contribution in [0.2, 0.25) is 10.0 Å². The molecule has 0 aliphatic rings. The van der Waals surface area contributed by atoms with Crippen molar-refractivity contribution in [3.05, 3.63) is 57.8 Å². The van der Waals surface area contributed by atoms with Crippen molar-refractivity contribution in [2.75, 3.05) is 0 Å². The van der Waals surface area contributed by atoms with Crippen LogP contribution in [0.15, 0.2) is 41.6 Å². The average Bonchev–Trinajstić information content (AvgIpc) is 2.97. The zero-order chi connectivity index (χ0) is 14.5. The highest BCUT2D eigenvalue weighted by atomic mass is 35.5. The molecule has 2 rings (SSSR count). The Bertz CT molecular complexity index is 636. The largest absolute Gasteiger partial charge is 0.357 e. The number of carbonyl (C=O) groups is 1. The van der Waals surface area contributed by atoms with Crippen LogP contribution < -0.4 is 5.43 Å². The molecule has 104 valence electrons. The summed E-state index contributed by atoms with van der Waals surface area (Å²) in [7, 11) is 0. The number of aromatic nitrogens is 1. The van der Waals surface area contributed by atoms with E-state index in [1.165, 1.54) is 0 Å². The molecule has 0 saturated heterocycles. The third-order valence-corrected chi connectivity index (χ3v) is 3.46. The quantitative estimate of drug-likeness (QED) is 0.654. The summed E-state index contributed by atoms with van der Waals surface area (Å²) in [5.74, 6) is -0.291. The van der Waals surface area contributed by atoms with Crippen molar-refractivity contribution in [3.8, 4) is 0 Å². The van der Waals surface area contributed by atoms with Crippen LogP contribution in [0, 0.1) is 0 Å². The Morgan fingerprint density at radius 2 is 2.10 bits per heavy atom. The maximum atomic E-state index is 11.8. The first kappa shape index (κ1) is 14.6. The first-order chi connectivity index (χ1) is 9.61. The van der Waals surface area contributed by atoms with E-state index in [0.29, 0.717) is 22.2 Å². The SMILES string of the molecule is CC/C(=N/NC(=O)c1ccc[nH]1)c1ccc(Cl)c(Cl)c1. The van der Waals surface area contributed by atoms with Crippen molar-refractivity contribution in [1.82, 2.24) is 10.4 Å². The third-order valence-electron chi connectivity index (χ3n) is 2.72. The van der Waals surface area contributed by atoms with Crippen LogP contribution in [-0.4, -0.2) is 16.6 Å². The van der Waals surface area contributed by atoms with E-state index >= 15 is 0 Å². The summed E-state index contributed by atoms with van der Waals surface area (Å²) in [6, 6.07) is 8.68. The van der Waals surface area contributed by atoms with Crippen LogP contribution in [-0.2, 0) is 0 Å². The maximum Gasteiger partial charge on any atom is 0.287 e. The van der Waals surface area contributed by atoms with Gasteiger partial charge in [0.2, 0.25) is 0 Å². The Hall–Kier alpha value is -1.78. The second-order valence-electron chi connectivity index (χ2n) is 4.07. The van der Waals surface area contributed by atoms with Gasteiger partial charge in [-0.05, 0) is 36.2 Å². The number of benzene rings is 1. The van der Waals surface area contributed by atoms with Crippen molar-refractivity contribution in [3.63, 3.8) is 0 Å². The lowest BCUT2D eigenvalue weighted by Crippen LogP contribution is -2.20. The normalized spacial score (nSPS) is 11.4. The highest BCUT2D eigenvalue weighted by Gasteiger charge is 2.07. The molecule has 0 atom stereocenters. The molecule has 6 heteroatoms. The molecule has 1 heterocycles. The van der Waals surface area contributed by atoms with Gasteiger partial charge >= 0.3 is 0 Å². The number of halogens is 2. The summed E-state index contributed by atoms with van der Waals surface area (Å²) in [6.45, 7) is 1.95. The number of hydrogen-bond acceptors (Lipinski definition) is 2. The predicted molar refractivity (Wildman–Crippen MR) is 81.5 cm³/mol. The fourth-order valence-corrected chi connectivity index (χ4v) is 1.97. The Kier molecular flexibility index (Phi) is 4.82. The Morgan fingerprint density at radius 1 is 1.30 bits per heavy atom. The Labute approximate surface area is 126 Å². The lowest BCUT2D eigenvalue weighted by atomic mass is 10.1. The fourth-order valence-electron chi connectivity index (χ4n) is 1.67. The van der Waals surface area contributed by atoms with E-state index in [1.807, 2.05) is 13.0 Å². The molecular formula is C14H13Cl2N3O. The van der Waals surface area contributed by atoms with E-state index in [1.54, 1.807) is 30.5 Å². The molecule has 1 aromatic heterocycles. The first-order valence-corrected chi connectivity index (χ1v) is 6.83. The Morgan fingerprint density at radius 3 is 2.70 bits per heavy atom. The van der Waals surface area contributed by atoms with Gasteiger partial charge in [0.25, 0.3) is 5.91 Å². The monoisotopic (exact) mass is 309 g/mol. The van der Waals surface area contributed by atoms with Gasteiger partial charge in [-0.3, -0.25) is 4.79 Å². The van der Waals surface area contributed by atoms with Crippen LogP contribution in [0.3, 0.4) is 0 Å². The summed E-state index contributed by atoms with van der Waals surface area (Å²) in [5, 5.41) is 5.08. The lowest BCUT2D eigenvalue weighted by molar-refractivity contribution is 0.0950. The van der Waals surface area contributed by atoms with Crippen LogP contribution in [0.5, 0.6) is 0 Å². The molecule has 1 amide bonds. The van der Waals surface area contributed by atoms with Gasteiger partial charge in [0.15, 0.2) is 0 Å². The molecule has 0 fully saturated rings. The van der Waals surface area contributed by atoms with Gasteiger partial charge < -0.3 is 4.98 Å². The summed E-state index contributed by atoms with van der Waals surface area (Å²) < 4.78 is 0. The third kappa shape index (κ3) is 3.40. The second-order valence-corrected chi connectivity index (χ2v) is 4.88. The number of hydrogen-bond donors (Lipinski definition) is 2. The van der Waals surface area contributed by atoms with Gasteiger partial charge in [-0.25, -0.2) is 5.43 Å². The predicted octanol–water partition coefficient (Wildman–Crippen LogP) is 3.87. The van der Waals surface area contributed by atoms with Gasteiger partial charge in [-0.2, -0.15) is 5.10 Å². The number of nitrogens with zero attached hydrogens (tertiary/aromatic N) is 1. The van der Waals surface area contributed by atoms with Crippen molar-refractivity contribution < 1.29 is 4.79 Å². The summed E-state index contributed by atoms with van der Waals surface area (Å²) in [6.07, 6.45) is 2.33. The molecular weight excluding hydrogens is 297 g/mol. The van der Waals surface area contributed by atoms with Gasteiger partial charge in [0, 0.05) is 6.20 Å². The number of aromatic amines is 1. The van der Waals surface area contributed by atoms with Crippen molar-refractivity contribution in [1.29, 1.82) is 0 Å². The van der Waals surface area contributed by atoms with Crippen molar-refractivity contribution in [2.45, 2.75) is 13.3 Å². The smallest absolute Gasteiger partial charge is 0.287 e. The lowest BCUT2D eigenvalue weighted by Gasteiger charge is -2.06. The maximum absolute atomic E-state index is 11.8. The standard InChI is InChI=1S/C14H13Cl2N3O/c1-2-12(9-5-6-10(15)11(16)8-9)18-19-14(20)13-4-3-7-17-13/h3-8,17H,2H2,1H3,(H,19,20)/b18-12-. The molecule has 20 heavy (non-hydrogen) atoms. The molecule has 0 saturated carbocycles. The number of nitrogens with one attached hydrogen (secondary N) is 2. The van der Waals surface area contributed by atoms with E-state index in [2.05, 4.69) is 15.5 Å². The number of H-pyrrole nitrogens is 1. The summed E-state index contributed by atoms with van der Waals surface area (Å²) >= 11 is 11.9. The van der Waals surface area contributed by atoms with Gasteiger partial charge in [0.1, 0.15) is 5.69 Å². The molecule has 0 aliphatic heterocycles. The molecule has 0 aliphatic carbocycles. The number of amides is 1. The topological polar surface area (TPSA) is 57.2 Å². The number of rotatable bonds is 4. The molecule has 0 bridgehead atoms. The van der Waals surface area contributed by atoms with Crippen LogP contribution in [0.4, 0.5) is 0 Å². The minimum absolute atomic E-state index is 0.291. The van der Waals surface area contributed by atoms with E-state index in [9.17, 15) is 4.79 Å². The molecule has 2 N–H and O–H groups in total. The molecule has 4 nitrogen and oxygen atoms in total. The molecule has 0 unspecified atom stereocenters. The van der Waals surface area contributed by atoms with Crippen LogP contribution >= 0.6 is 23.2 Å². The highest BCUT2D eigenvalue weighted by Crippen LogP contribution is 2.23. The van der Waals surface area contributed by atoms with E-state index in [-0.39, 0.29) is 5.91 Å². The van der Waals surface area contributed by atoms with Gasteiger partial charge in [0.05, 0.1) is 15.8 Å². The van der Waals surface area contributed by atoms with Crippen LogP contribution in [0.1, 0.15) is 29.4 Å². The summed E-state index contributed by atoms with van der Waals surface area (Å²) in [4.78, 5) is 14.6. The van der Waals surface area contributed by atoms with E-state index < -0.39 is 0 Å². The number of carbonyl (C=O) groups excluding carboxylic acids is 1. The highest BCUT2D eigenvalue weighted by molar-refractivity contribution is 6.42. The minimum Gasteiger partial charge on any atom is -0.357 e. The first-order valence-electron chi connectivity index (χ1n) is 6.07. The second kappa shape index (κ2) is 6.59. The Balaban J connectivity index is 2.17. The summed E-state index contributed by atoms with van der Waals surface area (Å²) in [5.41, 5.74) is 4.52. The van der Waals surface area contributed by atoms with Crippen molar-refractivity contribution in [2.24, 2.45) is 5.10 Å². The zero-order valence-electron chi connectivity index (χ0n) is 10.8. The molecule has 0 spiro atoms. The van der Waals surface area contributed by atoms with Crippen LogP contribution in [0.25, 0.3) is 0 Å². The molecule has 0 radical (unpaired) electrons. The minimum atomic E-state index is -0.291. The molecule has 1 aromatic carbocycles.